The molecule has 1 saturated carbocycles. The second-order valence-electron chi connectivity index (χ2n) is 8.12. The lowest BCUT2D eigenvalue weighted by Gasteiger charge is -2.41. The quantitative estimate of drug-likeness (QED) is 0.607. The number of ether oxygens (including phenoxy) is 1. The molecule has 0 atom stereocenters. The molecule has 3 rings (SSSR count). The number of nitrogen functional groups attached to an aromatic ring is 1. The van der Waals surface area contributed by atoms with Crippen molar-refractivity contribution in [1.29, 1.82) is 0 Å². The first kappa shape index (κ1) is 19.2. The molecule has 1 aliphatic carbocycles. The van der Waals surface area contributed by atoms with Crippen molar-refractivity contribution in [3.05, 3.63) is 29.8 Å². The van der Waals surface area contributed by atoms with E-state index in [0.717, 1.165) is 24.1 Å². The number of rotatable bonds is 6. The molecule has 2 N–H and O–H groups in total. The average Bonchev–Trinajstić information content (AvgIpc) is 2.69. The minimum absolute atomic E-state index is 0.0670. The van der Waals surface area contributed by atoms with Crippen molar-refractivity contribution in [3.63, 3.8) is 0 Å². The second-order valence-corrected chi connectivity index (χ2v) is 8.12. The normalized spacial score (nSPS) is 25.1. The topological polar surface area (TPSA) is 55.6 Å². The molecule has 0 bridgehead atoms. The third-order valence-electron chi connectivity index (χ3n) is 6.49. The molecule has 4 nitrogen and oxygen atoms in total. The minimum atomic E-state index is -0.0670. The van der Waals surface area contributed by atoms with Crippen LogP contribution in [0.4, 0.5) is 5.69 Å². The summed E-state index contributed by atoms with van der Waals surface area (Å²) in [5, 5.41) is 0. The van der Waals surface area contributed by atoms with E-state index in [2.05, 4.69) is 17.0 Å². The van der Waals surface area contributed by atoms with Gasteiger partial charge in [-0.3, -0.25) is 4.79 Å². The van der Waals surface area contributed by atoms with Gasteiger partial charge in [0.2, 0.25) is 0 Å². The summed E-state index contributed by atoms with van der Waals surface area (Å²) >= 11 is 0. The van der Waals surface area contributed by atoms with Crippen molar-refractivity contribution in [2.75, 3.05) is 25.9 Å². The van der Waals surface area contributed by atoms with Crippen LogP contribution in [0, 0.1) is 5.92 Å². The van der Waals surface area contributed by atoms with E-state index < -0.39 is 0 Å². The largest absolute Gasteiger partial charge is 0.469 e. The number of hydrogen-bond acceptors (Lipinski definition) is 4. The Morgan fingerprint density at radius 2 is 1.73 bits per heavy atom. The van der Waals surface area contributed by atoms with Crippen molar-refractivity contribution in [3.8, 4) is 0 Å². The molecular formula is C22H34N2O2. The SMILES string of the molecule is COC(=O)CCCC1CCC(N2CCC(c3ccc(N)cc3)CC2)CC1. The fourth-order valence-corrected chi connectivity index (χ4v) is 4.80. The van der Waals surface area contributed by atoms with Crippen molar-refractivity contribution >= 4 is 11.7 Å². The molecule has 2 fully saturated rings. The summed E-state index contributed by atoms with van der Waals surface area (Å²) in [6.45, 7) is 2.46. The van der Waals surface area contributed by atoms with Crippen LogP contribution in [0.2, 0.25) is 0 Å². The monoisotopic (exact) mass is 358 g/mol. The molecule has 0 unspecified atom stereocenters. The predicted molar refractivity (Wildman–Crippen MR) is 106 cm³/mol. The zero-order chi connectivity index (χ0) is 18.4. The van der Waals surface area contributed by atoms with Gasteiger partial charge in [-0.2, -0.15) is 0 Å². The highest BCUT2D eigenvalue weighted by atomic mass is 16.5. The fourth-order valence-electron chi connectivity index (χ4n) is 4.80. The summed E-state index contributed by atoms with van der Waals surface area (Å²) in [4.78, 5) is 14.0. The maximum Gasteiger partial charge on any atom is 0.305 e. The molecule has 1 saturated heterocycles. The summed E-state index contributed by atoms with van der Waals surface area (Å²) < 4.78 is 4.73. The average molecular weight is 359 g/mol. The van der Waals surface area contributed by atoms with Gasteiger partial charge < -0.3 is 15.4 Å². The third kappa shape index (κ3) is 5.23. The Morgan fingerprint density at radius 1 is 1.08 bits per heavy atom. The second kappa shape index (κ2) is 9.40. The van der Waals surface area contributed by atoms with Crippen LogP contribution in [0.3, 0.4) is 0 Å². The van der Waals surface area contributed by atoms with Crippen LogP contribution in [0.25, 0.3) is 0 Å². The van der Waals surface area contributed by atoms with Crippen LogP contribution in [0.15, 0.2) is 24.3 Å². The number of methoxy groups -OCH3 is 1. The van der Waals surface area contributed by atoms with E-state index in [1.165, 1.54) is 70.7 Å². The Bertz CT molecular complexity index is 556. The van der Waals surface area contributed by atoms with Gasteiger partial charge in [0.25, 0.3) is 0 Å². The van der Waals surface area contributed by atoms with Gasteiger partial charge in [-0.25, -0.2) is 0 Å². The number of carbonyl (C=O) groups is 1. The first-order valence-electron chi connectivity index (χ1n) is 10.3. The number of esters is 1. The molecule has 144 valence electrons. The molecule has 0 aromatic heterocycles. The van der Waals surface area contributed by atoms with Crippen LogP contribution in [0.1, 0.15) is 69.3 Å². The summed E-state index contributed by atoms with van der Waals surface area (Å²) in [6, 6.07) is 9.25. The Kier molecular flexibility index (Phi) is 6.95. The highest BCUT2D eigenvalue weighted by molar-refractivity contribution is 5.68. The molecule has 26 heavy (non-hydrogen) atoms. The van der Waals surface area contributed by atoms with Gasteiger partial charge in [0.1, 0.15) is 0 Å². The van der Waals surface area contributed by atoms with Crippen molar-refractivity contribution < 1.29 is 9.53 Å². The van der Waals surface area contributed by atoms with Crippen LogP contribution in [-0.4, -0.2) is 37.1 Å². The van der Waals surface area contributed by atoms with Gasteiger partial charge in [0, 0.05) is 18.2 Å². The van der Waals surface area contributed by atoms with Gasteiger partial charge in [0.15, 0.2) is 0 Å². The number of piperidine rings is 1. The Morgan fingerprint density at radius 3 is 2.35 bits per heavy atom. The standard InChI is InChI=1S/C22H34N2O2/c1-26-22(25)4-2-3-17-5-11-21(12-6-17)24-15-13-19(14-16-24)18-7-9-20(23)10-8-18/h7-10,17,19,21H,2-6,11-16,23H2,1H3. The van der Waals surface area contributed by atoms with E-state index in [1.54, 1.807) is 0 Å². The molecular weight excluding hydrogens is 324 g/mol. The zero-order valence-electron chi connectivity index (χ0n) is 16.2. The number of likely N-dealkylation sites (tertiary alicyclic amines) is 1. The number of nitrogens with zero attached hydrogens (tertiary/aromatic N) is 1. The summed E-state index contributed by atoms with van der Waals surface area (Å²) in [5.74, 6) is 1.44. The van der Waals surface area contributed by atoms with Gasteiger partial charge in [-0.15, -0.1) is 0 Å². The van der Waals surface area contributed by atoms with Gasteiger partial charge in [0.05, 0.1) is 7.11 Å². The van der Waals surface area contributed by atoms with Gasteiger partial charge >= 0.3 is 5.97 Å². The van der Waals surface area contributed by atoms with E-state index in [1.807, 2.05) is 12.1 Å². The first-order chi connectivity index (χ1) is 12.7. The summed E-state index contributed by atoms with van der Waals surface area (Å²) in [5.41, 5.74) is 8.12. The lowest BCUT2D eigenvalue weighted by Crippen LogP contribution is -2.42. The van der Waals surface area contributed by atoms with Gasteiger partial charge in [-0.1, -0.05) is 12.1 Å². The minimum Gasteiger partial charge on any atom is -0.469 e. The van der Waals surface area contributed by atoms with E-state index >= 15 is 0 Å². The number of hydrogen-bond donors (Lipinski definition) is 1. The van der Waals surface area contributed by atoms with Gasteiger partial charge in [-0.05, 0) is 94.0 Å². The summed E-state index contributed by atoms with van der Waals surface area (Å²) in [6.07, 6.45) is 10.6. The highest BCUT2D eigenvalue weighted by Gasteiger charge is 2.29. The molecule has 0 amide bonds. The van der Waals surface area contributed by atoms with E-state index in [-0.39, 0.29) is 5.97 Å². The molecule has 4 heteroatoms. The number of nitrogens with two attached hydrogens (primary N) is 1. The Hall–Kier alpha value is -1.55. The molecule has 2 aliphatic rings. The van der Waals surface area contributed by atoms with Crippen LogP contribution in [0.5, 0.6) is 0 Å². The van der Waals surface area contributed by atoms with Crippen molar-refractivity contribution in [1.82, 2.24) is 4.90 Å². The zero-order valence-corrected chi connectivity index (χ0v) is 16.2. The molecule has 1 aromatic carbocycles. The number of anilines is 1. The summed E-state index contributed by atoms with van der Waals surface area (Å²) in [7, 11) is 1.48. The predicted octanol–water partition coefficient (Wildman–Crippen LogP) is 4.35. The Labute approximate surface area is 158 Å². The van der Waals surface area contributed by atoms with Crippen LogP contribution in [-0.2, 0) is 9.53 Å². The number of carbonyl (C=O) groups excluding carboxylic acids is 1. The molecule has 1 heterocycles. The lowest BCUT2D eigenvalue weighted by atomic mass is 9.81. The Balaban J connectivity index is 1.37. The number of benzene rings is 1. The van der Waals surface area contributed by atoms with E-state index in [4.69, 9.17) is 10.5 Å². The molecule has 1 aliphatic heterocycles. The van der Waals surface area contributed by atoms with Crippen molar-refractivity contribution in [2.45, 2.75) is 69.7 Å². The highest BCUT2D eigenvalue weighted by Crippen LogP contribution is 2.35. The van der Waals surface area contributed by atoms with E-state index in [9.17, 15) is 4.79 Å². The molecule has 1 aromatic rings. The maximum atomic E-state index is 11.2. The van der Waals surface area contributed by atoms with Crippen LogP contribution < -0.4 is 5.73 Å². The van der Waals surface area contributed by atoms with Crippen LogP contribution >= 0.6 is 0 Å². The lowest BCUT2D eigenvalue weighted by molar-refractivity contribution is -0.140. The van der Waals surface area contributed by atoms with Crippen molar-refractivity contribution in [2.24, 2.45) is 5.92 Å². The molecule has 0 radical (unpaired) electrons. The fraction of sp³-hybridized carbons (Fsp3) is 0.682. The first-order valence-corrected chi connectivity index (χ1v) is 10.3. The van der Waals surface area contributed by atoms with E-state index in [0.29, 0.717) is 12.3 Å². The third-order valence-corrected chi connectivity index (χ3v) is 6.49. The molecule has 0 spiro atoms. The smallest absolute Gasteiger partial charge is 0.305 e. The maximum absolute atomic E-state index is 11.2.